The first-order chi connectivity index (χ1) is 8.24. The normalized spacial score (nSPS) is 23.2. The topological polar surface area (TPSA) is 55.4 Å². The highest BCUT2D eigenvalue weighted by Crippen LogP contribution is 2.29. The Hall–Kier alpha value is -1.84. The van der Waals surface area contributed by atoms with E-state index in [1.807, 2.05) is 30.3 Å². The van der Waals surface area contributed by atoms with Gasteiger partial charge in [-0.2, -0.15) is 0 Å². The van der Waals surface area contributed by atoms with E-state index in [2.05, 4.69) is 5.32 Å². The predicted octanol–water partition coefficient (Wildman–Crippen LogP) is 1.08. The molecule has 2 atom stereocenters. The molecule has 1 unspecified atom stereocenters. The first kappa shape index (κ1) is 11.6. The highest BCUT2D eigenvalue weighted by Gasteiger charge is 2.41. The van der Waals surface area contributed by atoms with E-state index in [-0.39, 0.29) is 11.8 Å². The zero-order valence-corrected chi connectivity index (χ0v) is 9.68. The van der Waals surface area contributed by atoms with Crippen LogP contribution in [-0.2, 0) is 14.3 Å². The number of nitrogens with one attached hydrogen (secondary N) is 1. The third kappa shape index (κ3) is 2.30. The molecule has 1 N–H and O–H groups in total. The molecule has 90 valence electrons. The van der Waals surface area contributed by atoms with Gasteiger partial charge in [0.1, 0.15) is 5.92 Å². The van der Waals surface area contributed by atoms with Crippen molar-refractivity contribution in [3.05, 3.63) is 35.9 Å². The third-order valence-corrected chi connectivity index (χ3v) is 2.95. The van der Waals surface area contributed by atoms with Gasteiger partial charge in [0.05, 0.1) is 6.61 Å². The van der Waals surface area contributed by atoms with Crippen LogP contribution in [0.15, 0.2) is 30.3 Å². The number of carbonyl (C=O) groups excluding carboxylic acids is 2. The Bertz CT molecular complexity index is 416. The second-order valence-corrected chi connectivity index (χ2v) is 3.99. The first-order valence-electron chi connectivity index (χ1n) is 5.73. The summed E-state index contributed by atoms with van der Waals surface area (Å²) in [6.07, 6.45) is 0. The van der Waals surface area contributed by atoms with Gasteiger partial charge in [-0.15, -0.1) is 0 Å². The number of esters is 1. The van der Waals surface area contributed by atoms with Gasteiger partial charge in [0, 0.05) is 12.5 Å². The molecule has 0 aromatic heterocycles. The van der Waals surface area contributed by atoms with Crippen molar-refractivity contribution in [2.45, 2.75) is 12.8 Å². The Kier molecular flexibility index (Phi) is 3.42. The minimum absolute atomic E-state index is 0.122. The molecule has 0 saturated carbocycles. The molecule has 1 amide bonds. The van der Waals surface area contributed by atoms with E-state index in [9.17, 15) is 9.59 Å². The molecule has 1 aliphatic rings. The van der Waals surface area contributed by atoms with Crippen molar-refractivity contribution >= 4 is 11.9 Å². The maximum Gasteiger partial charge on any atom is 0.319 e. The number of amides is 1. The van der Waals surface area contributed by atoms with Crippen molar-refractivity contribution < 1.29 is 14.3 Å². The van der Waals surface area contributed by atoms with Crippen LogP contribution in [0.2, 0.25) is 0 Å². The van der Waals surface area contributed by atoms with Crippen LogP contribution in [0.1, 0.15) is 18.4 Å². The summed E-state index contributed by atoms with van der Waals surface area (Å²) in [5, 5.41) is 2.72. The number of carbonyl (C=O) groups is 2. The zero-order chi connectivity index (χ0) is 12.3. The van der Waals surface area contributed by atoms with Crippen LogP contribution >= 0.6 is 0 Å². The van der Waals surface area contributed by atoms with Crippen molar-refractivity contribution in [2.24, 2.45) is 5.92 Å². The lowest BCUT2D eigenvalue weighted by atomic mass is 9.89. The predicted molar refractivity (Wildman–Crippen MR) is 62.3 cm³/mol. The van der Waals surface area contributed by atoms with Crippen molar-refractivity contribution in [2.75, 3.05) is 13.2 Å². The molecular weight excluding hydrogens is 218 g/mol. The summed E-state index contributed by atoms with van der Waals surface area (Å²) in [5.74, 6) is -1.51. The van der Waals surface area contributed by atoms with Gasteiger partial charge < -0.3 is 10.1 Å². The number of ether oxygens (including phenoxy) is 1. The molecule has 0 spiro atoms. The van der Waals surface area contributed by atoms with E-state index >= 15 is 0 Å². The average molecular weight is 233 g/mol. The average Bonchev–Trinajstić information content (AvgIpc) is 2.73. The van der Waals surface area contributed by atoms with Crippen LogP contribution in [0.3, 0.4) is 0 Å². The van der Waals surface area contributed by atoms with E-state index < -0.39 is 11.9 Å². The molecule has 0 bridgehead atoms. The fraction of sp³-hybridized carbons (Fsp3) is 0.385. The van der Waals surface area contributed by atoms with Gasteiger partial charge in [0.2, 0.25) is 5.91 Å². The Morgan fingerprint density at radius 3 is 2.76 bits per heavy atom. The lowest BCUT2D eigenvalue weighted by Gasteiger charge is -2.15. The van der Waals surface area contributed by atoms with Crippen LogP contribution in [0, 0.1) is 5.92 Å². The van der Waals surface area contributed by atoms with Gasteiger partial charge in [0.15, 0.2) is 0 Å². The van der Waals surface area contributed by atoms with E-state index in [1.165, 1.54) is 0 Å². The summed E-state index contributed by atoms with van der Waals surface area (Å²) in [6, 6.07) is 9.57. The number of hydrogen-bond donors (Lipinski definition) is 1. The van der Waals surface area contributed by atoms with Gasteiger partial charge in [-0.05, 0) is 12.5 Å². The maximum absolute atomic E-state index is 11.8. The van der Waals surface area contributed by atoms with Crippen molar-refractivity contribution in [3.8, 4) is 0 Å². The molecule has 1 aromatic rings. The summed E-state index contributed by atoms with van der Waals surface area (Å²) < 4.78 is 4.95. The quantitative estimate of drug-likeness (QED) is 0.628. The van der Waals surface area contributed by atoms with Gasteiger partial charge in [-0.3, -0.25) is 9.59 Å². The monoisotopic (exact) mass is 233 g/mol. The van der Waals surface area contributed by atoms with Crippen molar-refractivity contribution in [1.82, 2.24) is 5.32 Å². The molecule has 4 heteroatoms. The molecule has 1 aromatic carbocycles. The van der Waals surface area contributed by atoms with Crippen LogP contribution in [0.4, 0.5) is 0 Å². The molecule has 1 heterocycles. The smallest absolute Gasteiger partial charge is 0.319 e. The van der Waals surface area contributed by atoms with E-state index in [0.29, 0.717) is 13.2 Å². The molecular formula is C13H15NO3. The first-order valence-corrected chi connectivity index (χ1v) is 5.73. The van der Waals surface area contributed by atoms with Crippen molar-refractivity contribution in [1.29, 1.82) is 0 Å². The minimum Gasteiger partial charge on any atom is -0.465 e. The summed E-state index contributed by atoms with van der Waals surface area (Å²) in [7, 11) is 0. The van der Waals surface area contributed by atoms with Crippen LogP contribution in [0.25, 0.3) is 0 Å². The molecule has 0 aliphatic carbocycles. The fourth-order valence-corrected chi connectivity index (χ4v) is 2.13. The minimum atomic E-state index is -0.711. The van der Waals surface area contributed by atoms with Crippen molar-refractivity contribution in [3.63, 3.8) is 0 Å². The van der Waals surface area contributed by atoms with Crippen LogP contribution in [0.5, 0.6) is 0 Å². The van der Waals surface area contributed by atoms with Gasteiger partial charge >= 0.3 is 5.97 Å². The number of benzene rings is 1. The SMILES string of the molecule is CCOC(=O)C1C(=O)NC[C@H]1c1ccccc1. The molecule has 1 fully saturated rings. The molecule has 1 saturated heterocycles. The Labute approximate surface area is 100.0 Å². The van der Waals surface area contributed by atoms with E-state index in [4.69, 9.17) is 4.74 Å². The largest absolute Gasteiger partial charge is 0.465 e. The Morgan fingerprint density at radius 1 is 1.41 bits per heavy atom. The molecule has 4 nitrogen and oxygen atoms in total. The molecule has 0 radical (unpaired) electrons. The summed E-state index contributed by atoms with van der Waals surface area (Å²) in [6.45, 7) is 2.53. The molecule has 1 aliphatic heterocycles. The second kappa shape index (κ2) is 4.99. The standard InChI is InChI=1S/C13H15NO3/c1-2-17-13(16)11-10(8-14-12(11)15)9-6-4-3-5-7-9/h3-7,10-11H,2,8H2,1H3,(H,14,15)/t10-,11?/m0/s1. The highest BCUT2D eigenvalue weighted by atomic mass is 16.5. The summed E-state index contributed by atoms with van der Waals surface area (Å²) in [4.78, 5) is 23.4. The van der Waals surface area contributed by atoms with Gasteiger partial charge in [-0.1, -0.05) is 30.3 Å². The van der Waals surface area contributed by atoms with Crippen LogP contribution < -0.4 is 5.32 Å². The maximum atomic E-state index is 11.8. The Balaban J connectivity index is 2.22. The highest BCUT2D eigenvalue weighted by molar-refractivity contribution is 6.00. The molecule has 17 heavy (non-hydrogen) atoms. The lowest BCUT2D eigenvalue weighted by molar-refractivity contribution is -0.151. The summed E-state index contributed by atoms with van der Waals surface area (Å²) >= 11 is 0. The van der Waals surface area contributed by atoms with Gasteiger partial charge in [-0.25, -0.2) is 0 Å². The lowest BCUT2D eigenvalue weighted by Crippen LogP contribution is -2.28. The Morgan fingerprint density at radius 2 is 2.12 bits per heavy atom. The number of rotatable bonds is 3. The number of hydrogen-bond acceptors (Lipinski definition) is 3. The van der Waals surface area contributed by atoms with E-state index in [1.54, 1.807) is 6.92 Å². The van der Waals surface area contributed by atoms with E-state index in [0.717, 1.165) is 5.56 Å². The summed E-state index contributed by atoms with van der Waals surface area (Å²) in [5.41, 5.74) is 0.990. The van der Waals surface area contributed by atoms with Crippen LogP contribution in [-0.4, -0.2) is 25.0 Å². The zero-order valence-electron chi connectivity index (χ0n) is 9.68. The fourth-order valence-electron chi connectivity index (χ4n) is 2.13. The second-order valence-electron chi connectivity index (χ2n) is 3.99. The van der Waals surface area contributed by atoms with Gasteiger partial charge in [0.25, 0.3) is 0 Å². The third-order valence-electron chi connectivity index (χ3n) is 2.95. The molecule has 2 rings (SSSR count).